The van der Waals surface area contributed by atoms with Crippen LogP contribution in [0.1, 0.15) is 30.9 Å². The van der Waals surface area contributed by atoms with E-state index in [-0.39, 0.29) is 6.61 Å². The largest absolute Gasteiger partial charge is 0.482 e. The number of hydrogen-bond donors (Lipinski definition) is 0. The molecule has 0 aliphatic carbocycles. The maximum atomic E-state index is 11.8. The van der Waals surface area contributed by atoms with Crippen LogP contribution in [0.5, 0.6) is 11.5 Å². The van der Waals surface area contributed by atoms with Crippen LogP contribution in [-0.2, 0) is 4.79 Å². The van der Waals surface area contributed by atoms with Crippen LogP contribution in [0.2, 0.25) is 0 Å². The summed E-state index contributed by atoms with van der Waals surface area (Å²) in [5.41, 5.74) is 2.10. The Balaban J connectivity index is 1.92. The summed E-state index contributed by atoms with van der Waals surface area (Å²) >= 11 is 0. The van der Waals surface area contributed by atoms with Gasteiger partial charge in [0.25, 0.3) is 0 Å². The van der Waals surface area contributed by atoms with E-state index in [1.807, 2.05) is 49.4 Å². The van der Waals surface area contributed by atoms with Crippen molar-refractivity contribution in [2.24, 2.45) is 0 Å². The minimum atomic E-state index is -0.403. The number of para-hydroxylation sites is 1. The Morgan fingerprint density at radius 2 is 1.86 bits per heavy atom. The maximum Gasteiger partial charge on any atom is 0.349 e. The summed E-state index contributed by atoms with van der Waals surface area (Å²) in [7, 11) is 0. The van der Waals surface area contributed by atoms with Crippen LogP contribution in [0.25, 0.3) is 0 Å². The van der Waals surface area contributed by atoms with Crippen molar-refractivity contribution in [1.29, 1.82) is 0 Å². The Morgan fingerprint density at radius 1 is 1.10 bits per heavy atom. The highest BCUT2D eigenvalue weighted by molar-refractivity contribution is 5.74. The average Bonchev–Trinajstić information content (AvgIpc) is 2.48. The number of rotatable bonds is 5. The smallest absolute Gasteiger partial charge is 0.349 e. The fourth-order valence-electron chi connectivity index (χ4n) is 1.93. The van der Waals surface area contributed by atoms with Crippen molar-refractivity contribution in [3.63, 3.8) is 0 Å². The molecular weight excluding hydrogens is 264 g/mol. The molecule has 3 nitrogen and oxygen atoms in total. The quantitative estimate of drug-likeness (QED) is 0.612. The van der Waals surface area contributed by atoms with E-state index in [9.17, 15) is 4.79 Å². The molecule has 0 aromatic heterocycles. The zero-order valence-electron chi connectivity index (χ0n) is 12.6. The number of hydrogen-bond acceptors (Lipinski definition) is 3. The van der Waals surface area contributed by atoms with E-state index in [4.69, 9.17) is 9.47 Å². The highest BCUT2D eigenvalue weighted by atomic mass is 16.6. The molecule has 0 aliphatic heterocycles. The van der Waals surface area contributed by atoms with Crippen molar-refractivity contribution in [1.82, 2.24) is 0 Å². The Morgan fingerprint density at radius 3 is 2.57 bits per heavy atom. The van der Waals surface area contributed by atoms with Crippen molar-refractivity contribution in [2.75, 3.05) is 6.61 Å². The zero-order chi connectivity index (χ0) is 15.2. The Labute approximate surface area is 125 Å². The van der Waals surface area contributed by atoms with Crippen molar-refractivity contribution in [2.45, 2.75) is 26.7 Å². The minimum Gasteiger partial charge on any atom is -0.482 e. The normalized spacial score (nSPS) is 10.5. The van der Waals surface area contributed by atoms with Gasteiger partial charge in [-0.3, -0.25) is 0 Å². The van der Waals surface area contributed by atoms with Crippen LogP contribution < -0.4 is 9.47 Å². The van der Waals surface area contributed by atoms with Crippen LogP contribution in [-0.4, -0.2) is 12.6 Å². The van der Waals surface area contributed by atoms with Gasteiger partial charge in [0.15, 0.2) is 6.61 Å². The predicted molar refractivity (Wildman–Crippen MR) is 82.8 cm³/mol. The summed E-state index contributed by atoms with van der Waals surface area (Å²) in [6.07, 6.45) is 0. The molecule has 0 N–H and O–H groups in total. The third-order valence-corrected chi connectivity index (χ3v) is 3.20. The SMILES string of the molecule is Cc1ccccc1OC(=O)COc1cccc(C(C)C)c1. The molecule has 0 bridgehead atoms. The van der Waals surface area contributed by atoms with E-state index in [0.29, 0.717) is 17.4 Å². The van der Waals surface area contributed by atoms with E-state index in [0.717, 1.165) is 5.56 Å². The van der Waals surface area contributed by atoms with Gasteiger partial charge in [-0.1, -0.05) is 44.2 Å². The second-order valence-corrected chi connectivity index (χ2v) is 5.26. The van der Waals surface area contributed by atoms with Gasteiger partial charge in [0.05, 0.1) is 0 Å². The molecule has 0 spiro atoms. The Kier molecular flexibility index (Phi) is 4.99. The van der Waals surface area contributed by atoms with E-state index in [1.54, 1.807) is 6.07 Å². The summed E-state index contributed by atoms with van der Waals surface area (Å²) in [6.45, 7) is 6.03. The van der Waals surface area contributed by atoms with E-state index < -0.39 is 5.97 Å². The Hall–Kier alpha value is -2.29. The third kappa shape index (κ3) is 4.35. The van der Waals surface area contributed by atoms with E-state index in [1.165, 1.54) is 5.56 Å². The number of esters is 1. The van der Waals surface area contributed by atoms with E-state index in [2.05, 4.69) is 13.8 Å². The van der Waals surface area contributed by atoms with Gasteiger partial charge in [-0.15, -0.1) is 0 Å². The summed E-state index contributed by atoms with van der Waals surface area (Å²) < 4.78 is 10.8. The van der Waals surface area contributed by atoms with Crippen molar-refractivity contribution in [3.05, 3.63) is 59.7 Å². The second kappa shape index (κ2) is 6.93. The standard InChI is InChI=1S/C18H20O3/c1-13(2)15-8-6-9-16(11-15)20-12-18(19)21-17-10-5-4-7-14(17)3/h4-11,13H,12H2,1-3H3. The lowest BCUT2D eigenvalue weighted by molar-refractivity contribution is -0.136. The van der Waals surface area contributed by atoms with Gasteiger partial charge in [-0.05, 0) is 42.2 Å². The molecule has 0 heterocycles. The molecular formula is C18H20O3. The van der Waals surface area contributed by atoms with E-state index >= 15 is 0 Å². The first-order valence-electron chi connectivity index (χ1n) is 7.05. The number of benzene rings is 2. The number of ether oxygens (including phenoxy) is 2. The van der Waals surface area contributed by atoms with Crippen LogP contribution in [0.4, 0.5) is 0 Å². The predicted octanol–water partition coefficient (Wildman–Crippen LogP) is 4.10. The maximum absolute atomic E-state index is 11.8. The van der Waals surface area contributed by atoms with Gasteiger partial charge in [-0.2, -0.15) is 0 Å². The van der Waals surface area contributed by atoms with Crippen LogP contribution in [0.3, 0.4) is 0 Å². The fourth-order valence-corrected chi connectivity index (χ4v) is 1.93. The highest BCUT2D eigenvalue weighted by Crippen LogP contribution is 2.20. The van der Waals surface area contributed by atoms with Crippen molar-refractivity contribution < 1.29 is 14.3 Å². The summed E-state index contributed by atoms with van der Waals surface area (Å²) in [4.78, 5) is 11.8. The molecule has 2 aromatic carbocycles. The topological polar surface area (TPSA) is 35.5 Å². The van der Waals surface area contributed by atoms with Gasteiger partial charge in [0, 0.05) is 0 Å². The molecule has 0 fully saturated rings. The lowest BCUT2D eigenvalue weighted by Crippen LogP contribution is -2.18. The number of aryl methyl sites for hydroxylation is 1. The van der Waals surface area contributed by atoms with Gasteiger partial charge in [0.2, 0.25) is 0 Å². The summed E-state index contributed by atoms with van der Waals surface area (Å²) in [5.74, 6) is 1.27. The molecule has 21 heavy (non-hydrogen) atoms. The van der Waals surface area contributed by atoms with Gasteiger partial charge < -0.3 is 9.47 Å². The molecule has 2 aromatic rings. The van der Waals surface area contributed by atoms with Gasteiger partial charge >= 0.3 is 5.97 Å². The molecule has 110 valence electrons. The van der Waals surface area contributed by atoms with Gasteiger partial charge in [-0.25, -0.2) is 4.79 Å². The lowest BCUT2D eigenvalue weighted by atomic mass is 10.0. The molecule has 0 unspecified atom stereocenters. The van der Waals surface area contributed by atoms with Crippen LogP contribution in [0, 0.1) is 6.92 Å². The molecule has 0 saturated carbocycles. The Bertz CT molecular complexity index is 617. The summed E-state index contributed by atoms with van der Waals surface area (Å²) in [5, 5.41) is 0. The summed E-state index contributed by atoms with van der Waals surface area (Å²) in [6, 6.07) is 15.2. The van der Waals surface area contributed by atoms with Crippen LogP contribution >= 0.6 is 0 Å². The van der Waals surface area contributed by atoms with Crippen LogP contribution in [0.15, 0.2) is 48.5 Å². The zero-order valence-corrected chi connectivity index (χ0v) is 12.6. The highest BCUT2D eigenvalue weighted by Gasteiger charge is 2.08. The van der Waals surface area contributed by atoms with Crippen molar-refractivity contribution in [3.8, 4) is 11.5 Å². The minimum absolute atomic E-state index is 0.101. The molecule has 0 aliphatic rings. The molecule has 0 radical (unpaired) electrons. The number of carbonyl (C=O) groups is 1. The van der Waals surface area contributed by atoms with Crippen molar-refractivity contribution >= 4 is 5.97 Å². The number of carbonyl (C=O) groups excluding carboxylic acids is 1. The lowest BCUT2D eigenvalue weighted by Gasteiger charge is -2.10. The molecule has 0 amide bonds. The monoisotopic (exact) mass is 284 g/mol. The first-order chi connectivity index (χ1) is 10.1. The molecule has 2 rings (SSSR count). The second-order valence-electron chi connectivity index (χ2n) is 5.26. The average molecular weight is 284 g/mol. The molecule has 3 heteroatoms. The fraction of sp³-hybridized carbons (Fsp3) is 0.278. The third-order valence-electron chi connectivity index (χ3n) is 3.20. The molecule has 0 atom stereocenters. The first kappa shape index (κ1) is 15.1. The molecule has 0 saturated heterocycles. The first-order valence-corrected chi connectivity index (χ1v) is 7.05. The van der Waals surface area contributed by atoms with Gasteiger partial charge in [0.1, 0.15) is 11.5 Å².